The normalized spacial score (nSPS) is 18.6. The average molecular weight is 284 g/mol. The maximum Gasteiger partial charge on any atom is 0.257 e. The lowest BCUT2D eigenvalue weighted by Crippen LogP contribution is -2.28. The number of likely N-dealkylation sites (tertiary alicyclic amines) is 1. The minimum Gasteiger partial charge on any atom is -0.507 e. The molecule has 1 unspecified atom stereocenters. The van der Waals surface area contributed by atoms with Gasteiger partial charge in [0.25, 0.3) is 5.91 Å². The van der Waals surface area contributed by atoms with E-state index in [4.69, 9.17) is 16.3 Å². The minimum atomic E-state index is -0.145. The van der Waals surface area contributed by atoms with Crippen LogP contribution < -0.4 is 4.74 Å². The van der Waals surface area contributed by atoms with Gasteiger partial charge < -0.3 is 14.7 Å². The van der Waals surface area contributed by atoms with Crippen LogP contribution in [-0.4, -0.2) is 42.0 Å². The van der Waals surface area contributed by atoms with Crippen LogP contribution >= 0.6 is 11.6 Å². The number of benzene rings is 1. The number of methoxy groups -OCH3 is 1. The lowest BCUT2D eigenvalue weighted by molar-refractivity contribution is 0.0783. The van der Waals surface area contributed by atoms with Gasteiger partial charge in [-0.3, -0.25) is 4.79 Å². The largest absolute Gasteiger partial charge is 0.507 e. The van der Waals surface area contributed by atoms with Crippen molar-refractivity contribution in [1.29, 1.82) is 0 Å². The van der Waals surface area contributed by atoms with Gasteiger partial charge in [0.15, 0.2) is 0 Å². The van der Waals surface area contributed by atoms with Crippen molar-refractivity contribution in [2.75, 3.05) is 26.1 Å². The Kier molecular flexibility index (Phi) is 4.53. The molecule has 2 rings (SSSR count). The van der Waals surface area contributed by atoms with E-state index in [2.05, 4.69) is 0 Å². The fraction of sp³-hybridized carbons (Fsp3) is 0.500. The molecular weight excluding hydrogens is 266 g/mol. The molecule has 0 radical (unpaired) electrons. The van der Waals surface area contributed by atoms with Gasteiger partial charge in [-0.05, 0) is 37.0 Å². The topological polar surface area (TPSA) is 49.8 Å². The first-order chi connectivity index (χ1) is 9.15. The average Bonchev–Trinajstić information content (AvgIpc) is 2.88. The van der Waals surface area contributed by atoms with Crippen molar-refractivity contribution in [3.8, 4) is 11.5 Å². The number of hydrogen-bond acceptors (Lipinski definition) is 3. The fourth-order valence-corrected chi connectivity index (χ4v) is 2.70. The van der Waals surface area contributed by atoms with E-state index in [-0.39, 0.29) is 11.7 Å². The van der Waals surface area contributed by atoms with Crippen LogP contribution in [0.1, 0.15) is 23.2 Å². The van der Waals surface area contributed by atoms with Crippen molar-refractivity contribution in [3.05, 3.63) is 23.8 Å². The molecule has 104 valence electrons. The second-order valence-electron chi connectivity index (χ2n) is 4.77. The van der Waals surface area contributed by atoms with Gasteiger partial charge in [0, 0.05) is 19.0 Å². The summed E-state index contributed by atoms with van der Waals surface area (Å²) < 4.78 is 5.08. The summed E-state index contributed by atoms with van der Waals surface area (Å²) in [7, 11) is 1.53. The molecule has 1 atom stereocenters. The molecule has 1 aliphatic rings. The van der Waals surface area contributed by atoms with E-state index in [1.165, 1.54) is 13.2 Å². The highest BCUT2D eigenvalue weighted by Gasteiger charge is 2.28. The number of phenolic OH excluding ortho intramolecular Hbond substituents is 1. The van der Waals surface area contributed by atoms with Gasteiger partial charge in [0.1, 0.15) is 11.5 Å². The first-order valence-electron chi connectivity index (χ1n) is 6.38. The maximum absolute atomic E-state index is 12.4. The zero-order valence-electron chi connectivity index (χ0n) is 10.9. The summed E-state index contributed by atoms with van der Waals surface area (Å²) in [5.41, 5.74) is 0.297. The Morgan fingerprint density at radius 1 is 1.58 bits per heavy atom. The molecule has 0 aliphatic carbocycles. The molecule has 1 aromatic rings. The number of aromatic hydroxyl groups is 1. The Balaban J connectivity index is 2.12. The molecular formula is C14H18ClNO3. The second kappa shape index (κ2) is 6.15. The first-order valence-corrected chi connectivity index (χ1v) is 6.91. The lowest BCUT2D eigenvalue weighted by Gasteiger charge is -2.17. The monoisotopic (exact) mass is 283 g/mol. The Bertz CT molecular complexity index is 464. The van der Waals surface area contributed by atoms with Gasteiger partial charge in [-0.2, -0.15) is 0 Å². The molecule has 1 heterocycles. The van der Waals surface area contributed by atoms with Crippen LogP contribution in [0.3, 0.4) is 0 Å². The molecule has 1 amide bonds. The van der Waals surface area contributed by atoms with Crippen LogP contribution in [0.15, 0.2) is 18.2 Å². The summed E-state index contributed by atoms with van der Waals surface area (Å²) in [6.07, 6.45) is 1.90. The second-order valence-corrected chi connectivity index (χ2v) is 5.14. The smallest absolute Gasteiger partial charge is 0.257 e. The van der Waals surface area contributed by atoms with E-state index < -0.39 is 0 Å². The van der Waals surface area contributed by atoms with Crippen molar-refractivity contribution < 1.29 is 14.6 Å². The molecule has 0 saturated carbocycles. The number of amides is 1. The van der Waals surface area contributed by atoms with E-state index in [9.17, 15) is 9.90 Å². The van der Waals surface area contributed by atoms with Crippen LogP contribution in [0, 0.1) is 5.92 Å². The number of phenols is 1. The molecule has 1 aromatic carbocycles. The number of hydrogen-bond donors (Lipinski definition) is 1. The molecule has 1 saturated heterocycles. The third-order valence-corrected chi connectivity index (χ3v) is 3.74. The summed E-state index contributed by atoms with van der Waals surface area (Å²) in [6, 6.07) is 4.69. The van der Waals surface area contributed by atoms with E-state index in [0.29, 0.717) is 29.7 Å². The Morgan fingerprint density at radius 3 is 3.05 bits per heavy atom. The molecule has 5 heteroatoms. The number of carbonyl (C=O) groups excluding carboxylic acids is 1. The molecule has 1 fully saturated rings. The van der Waals surface area contributed by atoms with E-state index in [1.54, 1.807) is 17.0 Å². The zero-order chi connectivity index (χ0) is 13.8. The van der Waals surface area contributed by atoms with Crippen molar-refractivity contribution in [3.63, 3.8) is 0 Å². The summed E-state index contributed by atoms with van der Waals surface area (Å²) >= 11 is 5.73. The van der Waals surface area contributed by atoms with Crippen molar-refractivity contribution in [2.45, 2.75) is 12.8 Å². The van der Waals surface area contributed by atoms with Crippen LogP contribution in [0.4, 0.5) is 0 Å². The first kappa shape index (κ1) is 14.0. The zero-order valence-corrected chi connectivity index (χ0v) is 11.7. The van der Waals surface area contributed by atoms with Crippen LogP contribution in [-0.2, 0) is 0 Å². The maximum atomic E-state index is 12.4. The SMILES string of the molecule is COc1ccc(O)c(C(=O)N2CCC(CCCl)C2)c1. The molecule has 0 aromatic heterocycles. The molecule has 4 nitrogen and oxygen atoms in total. The predicted octanol–water partition coefficient (Wildman–Crippen LogP) is 2.49. The number of alkyl halides is 1. The Morgan fingerprint density at radius 2 is 2.37 bits per heavy atom. The van der Waals surface area contributed by atoms with Gasteiger partial charge in [0.2, 0.25) is 0 Å². The summed E-state index contributed by atoms with van der Waals surface area (Å²) in [4.78, 5) is 14.1. The molecule has 0 spiro atoms. The highest BCUT2D eigenvalue weighted by atomic mass is 35.5. The summed E-state index contributed by atoms with van der Waals surface area (Å²) in [6.45, 7) is 1.43. The fourth-order valence-electron chi connectivity index (χ4n) is 2.39. The number of ether oxygens (including phenoxy) is 1. The van der Waals surface area contributed by atoms with Gasteiger partial charge in [-0.1, -0.05) is 0 Å². The molecule has 0 bridgehead atoms. The quantitative estimate of drug-likeness (QED) is 0.864. The number of halogens is 1. The third-order valence-electron chi connectivity index (χ3n) is 3.52. The van der Waals surface area contributed by atoms with E-state index in [0.717, 1.165) is 19.4 Å². The predicted molar refractivity (Wildman–Crippen MR) is 74.0 cm³/mol. The molecule has 1 N–H and O–H groups in total. The highest BCUT2D eigenvalue weighted by molar-refractivity contribution is 6.17. The van der Waals surface area contributed by atoms with Gasteiger partial charge >= 0.3 is 0 Å². The minimum absolute atomic E-state index is 0.00778. The summed E-state index contributed by atoms with van der Waals surface area (Å²) in [5.74, 6) is 1.50. The van der Waals surface area contributed by atoms with Crippen molar-refractivity contribution >= 4 is 17.5 Å². The highest BCUT2D eigenvalue weighted by Crippen LogP contribution is 2.27. The Hall–Kier alpha value is -1.42. The molecule has 1 aliphatic heterocycles. The number of rotatable bonds is 4. The van der Waals surface area contributed by atoms with Gasteiger partial charge in [0.05, 0.1) is 12.7 Å². The lowest BCUT2D eigenvalue weighted by atomic mass is 10.1. The standard InChI is InChI=1S/C14H18ClNO3/c1-19-11-2-3-13(17)12(8-11)14(18)16-7-5-10(9-16)4-6-15/h2-3,8,10,17H,4-7,9H2,1H3. The third kappa shape index (κ3) is 3.13. The summed E-state index contributed by atoms with van der Waals surface area (Å²) in [5, 5.41) is 9.81. The Labute approximate surface area is 117 Å². The van der Waals surface area contributed by atoms with Gasteiger partial charge in [-0.25, -0.2) is 0 Å². The number of carbonyl (C=O) groups is 1. The van der Waals surface area contributed by atoms with Gasteiger partial charge in [-0.15, -0.1) is 11.6 Å². The van der Waals surface area contributed by atoms with Crippen LogP contribution in [0.5, 0.6) is 11.5 Å². The van der Waals surface area contributed by atoms with Crippen LogP contribution in [0.25, 0.3) is 0 Å². The van der Waals surface area contributed by atoms with Crippen molar-refractivity contribution in [1.82, 2.24) is 4.90 Å². The van der Waals surface area contributed by atoms with E-state index >= 15 is 0 Å². The van der Waals surface area contributed by atoms with E-state index in [1.807, 2.05) is 0 Å². The van der Waals surface area contributed by atoms with Crippen LogP contribution in [0.2, 0.25) is 0 Å². The van der Waals surface area contributed by atoms with Crippen molar-refractivity contribution in [2.24, 2.45) is 5.92 Å². The molecule has 19 heavy (non-hydrogen) atoms. The number of nitrogens with zero attached hydrogens (tertiary/aromatic N) is 1.